The van der Waals surface area contributed by atoms with E-state index in [1.54, 1.807) is 0 Å². The molecule has 2 aliphatic rings. The van der Waals surface area contributed by atoms with Crippen molar-refractivity contribution in [1.29, 1.82) is 0 Å². The summed E-state index contributed by atoms with van der Waals surface area (Å²) < 4.78 is 0. The summed E-state index contributed by atoms with van der Waals surface area (Å²) in [5, 5.41) is 6.96. The molecular weight excluding hydrogens is 206 g/mol. The van der Waals surface area contributed by atoms with E-state index < -0.39 is 0 Å². The van der Waals surface area contributed by atoms with Crippen LogP contribution in [0.2, 0.25) is 0 Å². The first-order chi connectivity index (χ1) is 7.84. The Labute approximate surface area is 93.5 Å². The number of aromatic amines is 1. The molecule has 1 heterocycles. The van der Waals surface area contributed by atoms with Gasteiger partial charge in [0, 0.05) is 11.3 Å². The van der Waals surface area contributed by atoms with Gasteiger partial charge < -0.3 is 0 Å². The lowest BCUT2D eigenvalue weighted by atomic mass is 9.97. The first-order valence-corrected chi connectivity index (χ1v) is 5.86. The third kappa shape index (κ3) is 1.61. The van der Waals surface area contributed by atoms with Crippen molar-refractivity contribution in [1.82, 2.24) is 15.7 Å². The zero-order chi connectivity index (χ0) is 11.0. The zero-order valence-corrected chi connectivity index (χ0v) is 9.08. The first-order valence-electron chi connectivity index (χ1n) is 5.86. The number of rotatable bonds is 3. The Hall–Kier alpha value is -1.36. The highest BCUT2D eigenvalue weighted by atomic mass is 16.7. The predicted molar refractivity (Wildman–Crippen MR) is 56.8 cm³/mol. The fraction of sp³-hybridized carbons (Fsp3) is 0.636. The van der Waals surface area contributed by atoms with Crippen molar-refractivity contribution in [2.45, 2.75) is 44.6 Å². The van der Waals surface area contributed by atoms with E-state index >= 15 is 0 Å². The molecule has 3 rings (SSSR count). The highest BCUT2D eigenvalue weighted by Gasteiger charge is 2.25. The summed E-state index contributed by atoms with van der Waals surface area (Å²) >= 11 is 0. The zero-order valence-electron chi connectivity index (χ0n) is 9.08. The Morgan fingerprint density at radius 2 is 2.25 bits per heavy atom. The molecule has 2 N–H and O–H groups in total. The highest BCUT2D eigenvalue weighted by Crippen LogP contribution is 2.23. The first kappa shape index (κ1) is 9.84. The second-order valence-electron chi connectivity index (χ2n) is 4.48. The van der Waals surface area contributed by atoms with Crippen LogP contribution in [0.5, 0.6) is 0 Å². The smallest absolute Gasteiger partial charge is 0.281 e. The van der Waals surface area contributed by atoms with Crippen molar-refractivity contribution < 1.29 is 9.63 Å². The molecule has 0 bridgehead atoms. The highest BCUT2D eigenvalue weighted by molar-refractivity contribution is 5.93. The molecule has 0 spiro atoms. The number of fused-ring (bicyclic) bond motifs is 1. The van der Waals surface area contributed by atoms with E-state index in [1.165, 1.54) is 6.42 Å². The van der Waals surface area contributed by atoms with Crippen molar-refractivity contribution >= 4 is 5.91 Å². The van der Waals surface area contributed by atoms with Gasteiger partial charge >= 0.3 is 0 Å². The standard InChI is InChI=1S/C11H15N3O2/c15-11(14-16-7-3-1-4-7)10-8-5-2-6-9(8)12-13-10/h7H,1-6H2,(H,12,13)(H,14,15). The van der Waals surface area contributed by atoms with Crippen LogP contribution in [-0.2, 0) is 17.7 Å². The molecule has 0 aliphatic heterocycles. The van der Waals surface area contributed by atoms with E-state index in [-0.39, 0.29) is 12.0 Å². The Balaban J connectivity index is 1.64. The number of hydroxylamine groups is 1. The molecule has 5 heteroatoms. The lowest BCUT2D eigenvalue weighted by molar-refractivity contribution is -0.0510. The predicted octanol–water partition coefficient (Wildman–Crippen LogP) is 1.11. The van der Waals surface area contributed by atoms with Gasteiger partial charge in [-0.3, -0.25) is 14.7 Å². The van der Waals surface area contributed by atoms with Gasteiger partial charge in [0.1, 0.15) is 0 Å². The van der Waals surface area contributed by atoms with Gasteiger partial charge in [0.15, 0.2) is 5.69 Å². The second-order valence-corrected chi connectivity index (χ2v) is 4.48. The van der Waals surface area contributed by atoms with Crippen molar-refractivity contribution in [2.75, 3.05) is 0 Å². The van der Waals surface area contributed by atoms with Gasteiger partial charge in [-0.05, 0) is 38.5 Å². The molecule has 2 aliphatic carbocycles. The summed E-state index contributed by atoms with van der Waals surface area (Å²) in [6.07, 6.45) is 6.52. The summed E-state index contributed by atoms with van der Waals surface area (Å²) in [4.78, 5) is 17.1. The molecule has 5 nitrogen and oxygen atoms in total. The third-order valence-electron chi connectivity index (χ3n) is 3.39. The van der Waals surface area contributed by atoms with Crippen LogP contribution in [0.25, 0.3) is 0 Å². The Morgan fingerprint density at radius 3 is 3.00 bits per heavy atom. The van der Waals surface area contributed by atoms with Gasteiger partial charge in [-0.2, -0.15) is 5.10 Å². The summed E-state index contributed by atoms with van der Waals surface area (Å²) in [6.45, 7) is 0. The van der Waals surface area contributed by atoms with Crippen LogP contribution in [-0.4, -0.2) is 22.2 Å². The average Bonchev–Trinajstić information content (AvgIpc) is 2.74. The normalized spacial score (nSPS) is 19.2. The van der Waals surface area contributed by atoms with Crippen molar-refractivity contribution in [2.24, 2.45) is 0 Å². The Kier molecular flexibility index (Phi) is 2.40. The number of carbonyl (C=O) groups is 1. The molecular formula is C11H15N3O2. The van der Waals surface area contributed by atoms with Crippen LogP contribution >= 0.6 is 0 Å². The molecule has 0 atom stereocenters. The van der Waals surface area contributed by atoms with E-state index in [4.69, 9.17) is 4.84 Å². The topological polar surface area (TPSA) is 67.0 Å². The molecule has 1 saturated carbocycles. The van der Waals surface area contributed by atoms with Gasteiger partial charge in [-0.25, -0.2) is 5.48 Å². The molecule has 0 unspecified atom stereocenters. The maximum atomic E-state index is 11.8. The molecule has 1 aromatic rings. The molecule has 16 heavy (non-hydrogen) atoms. The molecule has 1 aromatic heterocycles. The van der Waals surface area contributed by atoms with Gasteiger partial charge in [-0.1, -0.05) is 0 Å². The Morgan fingerprint density at radius 1 is 1.38 bits per heavy atom. The lowest BCUT2D eigenvalue weighted by Crippen LogP contribution is -2.33. The summed E-state index contributed by atoms with van der Waals surface area (Å²) in [5.74, 6) is -0.216. The number of H-pyrrole nitrogens is 1. The monoisotopic (exact) mass is 221 g/mol. The SMILES string of the molecule is O=C(NOC1CCC1)c1n[nH]c2c1CCC2. The van der Waals surface area contributed by atoms with Gasteiger partial charge in [0.2, 0.25) is 0 Å². The minimum Gasteiger partial charge on any atom is -0.281 e. The van der Waals surface area contributed by atoms with E-state index in [1.807, 2.05) is 0 Å². The van der Waals surface area contributed by atoms with Crippen LogP contribution in [0.4, 0.5) is 0 Å². The summed E-state index contributed by atoms with van der Waals surface area (Å²) in [6, 6.07) is 0. The van der Waals surface area contributed by atoms with Crippen LogP contribution in [0.15, 0.2) is 0 Å². The number of nitrogens with zero attached hydrogens (tertiary/aromatic N) is 1. The van der Waals surface area contributed by atoms with Gasteiger partial charge in [0.05, 0.1) is 6.10 Å². The minimum absolute atomic E-state index is 0.205. The van der Waals surface area contributed by atoms with E-state index in [0.29, 0.717) is 5.69 Å². The van der Waals surface area contributed by atoms with Crippen LogP contribution in [0.1, 0.15) is 47.4 Å². The average molecular weight is 221 g/mol. The van der Waals surface area contributed by atoms with Crippen molar-refractivity contribution in [3.63, 3.8) is 0 Å². The fourth-order valence-electron chi connectivity index (χ4n) is 2.18. The van der Waals surface area contributed by atoms with Crippen molar-refractivity contribution in [3.8, 4) is 0 Å². The summed E-state index contributed by atoms with van der Waals surface area (Å²) in [7, 11) is 0. The van der Waals surface area contributed by atoms with E-state index in [0.717, 1.165) is 43.4 Å². The Bertz CT molecular complexity index is 409. The minimum atomic E-state index is -0.216. The van der Waals surface area contributed by atoms with Gasteiger partial charge in [0.25, 0.3) is 5.91 Å². The molecule has 0 aromatic carbocycles. The van der Waals surface area contributed by atoms with Crippen molar-refractivity contribution in [3.05, 3.63) is 17.0 Å². The number of aryl methyl sites for hydroxylation is 1. The summed E-state index contributed by atoms with van der Waals surface area (Å²) in [5.41, 5.74) is 5.17. The maximum absolute atomic E-state index is 11.8. The fourth-order valence-corrected chi connectivity index (χ4v) is 2.18. The number of amides is 1. The molecule has 0 saturated heterocycles. The van der Waals surface area contributed by atoms with Crippen LogP contribution < -0.4 is 5.48 Å². The number of aromatic nitrogens is 2. The van der Waals surface area contributed by atoms with E-state index in [2.05, 4.69) is 15.7 Å². The van der Waals surface area contributed by atoms with Crippen LogP contribution in [0, 0.1) is 0 Å². The largest absolute Gasteiger partial charge is 0.295 e. The lowest BCUT2D eigenvalue weighted by Gasteiger charge is -2.24. The molecule has 0 radical (unpaired) electrons. The number of nitrogens with one attached hydrogen (secondary N) is 2. The van der Waals surface area contributed by atoms with E-state index in [9.17, 15) is 4.79 Å². The molecule has 86 valence electrons. The van der Waals surface area contributed by atoms with Gasteiger partial charge in [-0.15, -0.1) is 0 Å². The number of hydrogen-bond donors (Lipinski definition) is 2. The third-order valence-corrected chi connectivity index (χ3v) is 3.39. The number of hydrogen-bond acceptors (Lipinski definition) is 3. The number of carbonyl (C=O) groups excluding carboxylic acids is 1. The maximum Gasteiger partial charge on any atom is 0.295 e. The molecule has 1 fully saturated rings. The quantitative estimate of drug-likeness (QED) is 0.751. The second kappa shape index (κ2) is 3.90. The van der Waals surface area contributed by atoms with Crippen LogP contribution in [0.3, 0.4) is 0 Å². The molecule has 1 amide bonds.